The fourth-order valence-corrected chi connectivity index (χ4v) is 4.11. The van der Waals surface area contributed by atoms with E-state index in [1.54, 1.807) is 18.2 Å². The van der Waals surface area contributed by atoms with Crippen molar-refractivity contribution in [2.24, 2.45) is 0 Å². The Morgan fingerprint density at radius 1 is 1.00 bits per heavy atom. The quantitative estimate of drug-likeness (QED) is 0.421. The highest BCUT2D eigenvalue weighted by Crippen LogP contribution is 2.36. The van der Waals surface area contributed by atoms with E-state index in [2.05, 4.69) is 0 Å². The number of hydrogen-bond donors (Lipinski definition) is 0. The normalized spacial score (nSPS) is 15.6. The molecule has 3 aromatic rings. The second-order valence-corrected chi connectivity index (χ2v) is 7.96. The molecule has 0 N–H and O–H groups in total. The summed E-state index contributed by atoms with van der Waals surface area (Å²) in [6, 6.07) is 14.8. The van der Waals surface area contributed by atoms with E-state index in [4.69, 9.17) is 27.6 Å². The smallest absolute Gasteiger partial charge is 0.293 e. The van der Waals surface area contributed by atoms with Crippen LogP contribution in [0.5, 0.6) is 0 Å². The first kappa shape index (κ1) is 19.8. The van der Waals surface area contributed by atoms with Crippen molar-refractivity contribution in [2.75, 3.05) is 0 Å². The molecular weight excluding hydrogens is 436 g/mol. The molecule has 4 nitrogen and oxygen atoms in total. The molecule has 0 spiro atoms. The van der Waals surface area contributed by atoms with Gasteiger partial charge in [0.05, 0.1) is 16.5 Å². The Bertz CT molecular complexity index is 1140. The van der Waals surface area contributed by atoms with Crippen molar-refractivity contribution in [3.8, 4) is 11.3 Å². The average Bonchev–Trinajstić information content (AvgIpc) is 3.25. The maximum Gasteiger partial charge on any atom is 0.293 e. The first-order chi connectivity index (χ1) is 13.9. The van der Waals surface area contributed by atoms with Gasteiger partial charge in [-0.3, -0.25) is 14.5 Å². The second kappa shape index (κ2) is 8.06. The number of amides is 2. The molecule has 1 fully saturated rings. The predicted molar refractivity (Wildman–Crippen MR) is 112 cm³/mol. The van der Waals surface area contributed by atoms with Crippen molar-refractivity contribution in [1.29, 1.82) is 0 Å². The number of nitrogens with zero attached hydrogens (tertiary/aromatic N) is 1. The first-order valence-electron chi connectivity index (χ1n) is 8.47. The zero-order valence-electron chi connectivity index (χ0n) is 14.7. The van der Waals surface area contributed by atoms with Crippen LogP contribution < -0.4 is 0 Å². The monoisotopic (exact) mass is 447 g/mol. The van der Waals surface area contributed by atoms with E-state index in [0.717, 1.165) is 22.2 Å². The molecule has 2 aromatic carbocycles. The maximum absolute atomic E-state index is 14.0. The number of carbonyl (C=O) groups excluding carboxylic acids is 2. The number of imide groups is 1. The molecule has 1 saturated heterocycles. The van der Waals surface area contributed by atoms with Crippen LogP contribution in [-0.2, 0) is 11.3 Å². The molecule has 2 heterocycles. The molecule has 4 rings (SSSR count). The molecule has 2 amide bonds. The molecule has 1 aliphatic heterocycles. The fourth-order valence-electron chi connectivity index (χ4n) is 2.84. The summed E-state index contributed by atoms with van der Waals surface area (Å²) in [6.07, 6.45) is 1.48. The number of benzene rings is 2. The molecule has 0 aliphatic carbocycles. The van der Waals surface area contributed by atoms with E-state index >= 15 is 0 Å². The average molecular weight is 448 g/mol. The molecule has 29 heavy (non-hydrogen) atoms. The van der Waals surface area contributed by atoms with Gasteiger partial charge in [0.1, 0.15) is 17.3 Å². The van der Waals surface area contributed by atoms with Crippen molar-refractivity contribution < 1.29 is 18.4 Å². The number of furan rings is 1. The van der Waals surface area contributed by atoms with Crippen LogP contribution in [0.25, 0.3) is 17.4 Å². The van der Waals surface area contributed by atoms with E-state index in [1.807, 2.05) is 18.2 Å². The van der Waals surface area contributed by atoms with Gasteiger partial charge in [-0.25, -0.2) is 4.39 Å². The number of rotatable bonds is 4. The molecule has 0 bridgehead atoms. The lowest BCUT2D eigenvalue weighted by Crippen LogP contribution is -2.28. The highest BCUT2D eigenvalue weighted by molar-refractivity contribution is 8.18. The van der Waals surface area contributed by atoms with Crippen molar-refractivity contribution >= 4 is 52.2 Å². The van der Waals surface area contributed by atoms with Crippen LogP contribution in [0.15, 0.2) is 63.9 Å². The van der Waals surface area contributed by atoms with Crippen LogP contribution in [0.2, 0.25) is 10.0 Å². The summed E-state index contributed by atoms with van der Waals surface area (Å²) in [4.78, 5) is 26.1. The fraction of sp³-hybridized carbons (Fsp3) is 0.0476. The first-order valence-corrected chi connectivity index (χ1v) is 10.0. The summed E-state index contributed by atoms with van der Waals surface area (Å²) in [6.45, 7) is -0.240. The van der Waals surface area contributed by atoms with E-state index < -0.39 is 17.0 Å². The summed E-state index contributed by atoms with van der Waals surface area (Å²) in [5.41, 5.74) is 0.813. The Kier molecular flexibility index (Phi) is 5.50. The Morgan fingerprint density at radius 3 is 2.52 bits per heavy atom. The Hall–Kier alpha value is -2.54. The van der Waals surface area contributed by atoms with Crippen molar-refractivity contribution in [2.45, 2.75) is 6.54 Å². The van der Waals surface area contributed by atoms with Crippen molar-refractivity contribution in [3.63, 3.8) is 0 Å². The lowest BCUT2D eigenvalue weighted by Gasteiger charge is -2.14. The van der Waals surface area contributed by atoms with Gasteiger partial charge in [0.15, 0.2) is 0 Å². The van der Waals surface area contributed by atoms with Gasteiger partial charge in [-0.15, -0.1) is 0 Å². The van der Waals surface area contributed by atoms with Gasteiger partial charge in [0.25, 0.3) is 11.1 Å². The van der Waals surface area contributed by atoms with Gasteiger partial charge in [0, 0.05) is 22.2 Å². The number of thioether (sulfide) groups is 1. The second-order valence-electron chi connectivity index (χ2n) is 6.15. The minimum Gasteiger partial charge on any atom is -0.457 e. The summed E-state index contributed by atoms with van der Waals surface area (Å²) in [7, 11) is 0. The molecule has 0 atom stereocenters. The van der Waals surface area contributed by atoms with Gasteiger partial charge in [-0.1, -0.05) is 41.4 Å². The molecule has 0 unspecified atom stereocenters. The summed E-state index contributed by atoms with van der Waals surface area (Å²) in [5, 5.41) is 0.192. The van der Waals surface area contributed by atoms with E-state index in [9.17, 15) is 14.0 Å². The zero-order chi connectivity index (χ0) is 20.5. The van der Waals surface area contributed by atoms with Gasteiger partial charge >= 0.3 is 0 Å². The molecule has 0 radical (unpaired) electrons. The van der Waals surface area contributed by atoms with Crippen LogP contribution in [0.4, 0.5) is 9.18 Å². The van der Waals surface area contributed by atoms with E-state index in [0.29, 0.717) is 16.5 Å². The molecule has 1 aromatic heterocycles. The third-order valence-electron chi connectivity index (χ3n) is 4.29. The van der Waals surface area contributed by atoms with Gasteiger partial charge in [-0.2, -0.15) is 0 Å². The Morgan fingerprint density at radius 2 is 1.76 bits per heavy atom. The molecule has 0 saturated carbocycles. The highest BCUT2D eigenvalue weighted by Gasteiger charge is 2.36. The van der Waals surface area contributed by atoms with Crippen LogP contribution in [-0.4, -0.2) is 16.0 Å². The lowest BCUT2D eigenvalue weighted by molar-refractivity contribution is -0.123. The minimum absolute atomic E-state index is 0.0942. The summed E-state index contributed by atoms with van der Waals surface area (Å²) < 4.78 is 19.8. The summed E-state index contributed by atoms with van der Waals surface area (Å²) >= 11 is 12.9. The topological polar surface area (TPSA) is 50.5 Å². The highest BCUT2D eigenvalue weighted by atomic mass is 35.5. The molecule has 1 aliphatic rings. The molecule has 8 heteroatoms. The van der Waals surface area contributed by atoms with Gasteiger partial charge in [-0.05, 0) is 48.2 Å². The Balaban J connectivity index is 1.58. The summed E-state index contributed by atoms with van der Waals surface area (Å²) in [5.74, 6) is -0.167. The van der Waals surface area contributed by atoms with Crippen LogP contribution in [0.3, 0.4) is 0 Å². The SMILES string of the molecule is O=C1S/C(=C\c2ccc(-c3ccccc3Cl)o2)C(=O)N1Cc1c(F)cccc1Cl. The van der Waals surface area contributed by atoms with Crippen molar-refractivity contribution in [1.82, 2.24) is 4.90 Å². The minimum atomic E-state index is -0.573. The van der Waals surface area contributed by atoms with Crippen LogP contribution >= 0.6 is 35.0 Å². The standard InChI is InChI=1S/C21H12Cl2FNO3S/c22-15-5-2-1-4-13(15)18-9-8-12(28-18)10-19-20(26)25(21(27)29-19)11-14-16(23)6-3-7-17(14)24/h1-10H,11H2/b19-10-. The molecular formula is C21H12Cl2FNO3S. The predicted octanol–water partition coefficient (Wildman–Crippen LogP) is 6.63. The number of halogens is 3. The van der Waals surface area contributed by atoms with Crippen LogP contribution in [0, 0.1) is 5.82 Å². The number of carbonyl (C=O) groups is 2. The maximum atomic E-state index is 14.0. The van der Waals surface area contributed by atoms with Crippen molar-refractivity contribution in [3.05, 3.63) is 86.7 Å². The largest absolute Gasteiger partial charge is 0.457 e. The van der Waals surface area contributed by atoms with E-state index in [1.165, 1.54) is 24.3 Å². The third-order valence-corrected chi connectivity index (χ3v) is 5.88. The third kappa shape index (κ3) is 3.96. The Labute approximate surface area is 179 Å². The van der Waals surface area contributed by atoms with Crippen LogP contribution in [0.1, 0.15) is 11.3 Å². The van der Waals surface area contributed by atoms with Gasteiger partial charge in [0.2, 0.25) is 0 Å². The van der Waals surface area contributed by atoms with E-state index in [-0.39, 0.29) is 22.0 Å². The number of hydrogen-bond acceptors (Lipinski definition) is 4. The lowest BCUT2D eigenvalue weighted by atomic mass is 10.2. The zero-order valence-corrected chi connectivity index (χ0v) is 17.0. The molecule has 146 valence electrons. The van der Waals surface area contributed by atoms with Gasteiger partial charge < -0.3 is 4.42 Å².